The fourth-order valence-corrected chi connectivity index (χ4v) is 1.74. The van der Waals surface area contributed by atoms with Gasteiger partial charge in [-0.05, 0) is 30.9 Å². The van der Waals surface area contributed by atoms with Crippen molar-refractivity contribution in [3.8, 4) is 5.75 Å². The SMILES string of the molecule is CCOc1cccc(C(O)CSC)c1. The van der Waals surface area contributed by atoms with Crippen LogP contribution in [0.4, 0.5) is 0 Å². The number of rotatable bonds is 5. The van der Waals surface area contributed by atoms with Crippen molar-refractivity contribution in [1.82, 2.24) is 0 Å². The van der Waals surface area contributed by atoms with Gasteiger partial charge in [0.1, 0.15) is 5.75 Å². The summed E-state index contributed by atoms with van der Waals surface area (Å²) < 4.78 is 5.36. The number of thioether (sulfide) groups is 1. The molecule has 0 radical (unpaired) electrons. The Hall–Kier alpha value is -0.670. The van der Waals surface area contributed by atoms with Crippen LogP contribution < -0.4 is 4.74 Å². The monoisotopic (exact) mass is 212 g/mol. The highest BCUT2D eigenvalue weighted by Crippen LogP contribution is 2.21. The zero-order valence-electron chi connectivity index (χ0n) is 8.56. The lowest BCUT2D eigenvalue weighted by Gasteiger charge is -2.10. The normalized spacial score (nSPS) is 12.5. The standard InChI is InChI=1S/C11H16O2S/c1-3-13-10-6-4-5-9(7-10)11(12)8-14-2/h4-7,11-12H,3,8H2,1-2H3. The molecule has 1 aromatic rings. The van der Waals surface area contributed by atoms with Gasteiger partial charge in [-0.1, -0.05) is 12.1 Å². The van der Waals surface area contributed by atoms with Crippen molar-refractivity contribution in [2.45, 2.75) is 13.0 Å². The van der Waals surface area contributed by atoms with E-state index in [0.29, 0.717) is 6.61 Å². The Balaban J connectivity index is 2.71. The molecule has 0 heterocycles. The zero-order chi connectivity index (χ0) is 10.4. The summed E-state index contributed by atoms with van der Waals surface area (Å²) in [6.07, 6.45) is 1.58. The molecule has 1 atom stereocenters. The Morgan fingerprint density at radius 1 is 1.50 bits per heavy atom. The smallest absolute Gasteiger partial charge is 0.119 e. The maximum absolute atomic E-state index is 9.74. The number of hydrogen-bond acceptors (Lipinski definition) is 3. The number of benzene rings is 1. The van der Waals surface area contributed by atoms with Crippen LogP contribution in [0.1, 0.15) is 18.6 Å². The quantitative estimate of drug-likeness (QED) is 0.813. The number of hydrogen-bond donors (Lipinski definition) is 1. The van der Waals surface area contributed by atoms with Crippen molar-refractivity contribution < 1.29 is 9.84 Å². The molecule has 0 bridgehead atoms. The highest BCUT2D eigenvalue weighted by molar-refractivity contribution is 7.98. The van der Waals surface area contributed by atoms with Crippen molar-refractivity contribution in [2.24, 2.45) is 0 Å². The maximum atomic E-state index is 9.74. The predicted octanol–water partition coefficient (Wildman–Crippen LogP) is 2.48. The Morgan fingerprint density at radius 3 is 2.93 bits per heavy atom. The molecule has 1 N–H and O–H groups in total. The third-order valence-corrected chi connectivity index (χ3v) is 2.53. The van der Waals surface area contributed by atoms with Crippen LogP contribution in [-0.4, -0.2) is 23.7 Å². The summed E-state index contributed by atoms with van der Waals surface area (Å²) in [4.78, 5) is 0. The van der Waals surface area contributed by atoms with E-state index in [1.807, 2.05) is 37.4 Å². The predicted molar refractivity (Wildman–Crippen MR) is 61.0 cm³/mol. The first kappa shape index (κ1) is 11.4. The van der Waals surface area contributed by atoms with Crippen LogP contribution in [0, 0.1) is 0 Å². The minimum atomic E-state index is -0.398. The summed E-state index contributed by atoms with van der Waals surface area (Å²) in [7, 11) is 0. The summed E-state index contributed by atoms with van der Waals surface area (Å²) in [5.74, 6) is 1.54. The topological polar surface area (TPSA) is 29.5 Å². The Morgan fingerprint density at radius 2 is 2.29 bits per heavy atom. The van der Waals surface area contributed by atoms with E-state index in [9.17, 15) is 5.11 Å². The lowest BCUT2D eigenvalue weighted by atomic mass is 10.1. The fraction of sp³-hybridized carbons (Fsp3) is 0.455. The van der Waals surface area contributed by atoms with Gasteiger partial charge >= 0.3 is 0 Å². The highest BCUT2D eigenvalue weighted by atomic mass is 32.2. The van der Waals surface area contributed by atoms with Crippen LogP contribution in [-0.2, 0) is 0 Å². The third-order valence-electron chi connectivity index (χ3n) is 1.88. The number of aliphatic hydroxyl groups is 1. The molecule has 0 aliphatic rings. The fourth-order valence-electron chi connectivity index (χ4n) is 1.23. The zero-order valence-corrected chi connectivity index (χ0v) is 9.38. The Kier molecular flexibility index (Phi) is 4.84. The summed E-state index contributed by atoms with van der Waals surface area (Å²) in [5, 5.41) is 9.74. The minimum absolute atomic E-state index is 0.398. The largest absolute Gasteiger partial charge is 0.494 e. The van der Waals surface area contributed by atoms with Gasteiger partial charge in [-0.15, -0.1) is 0 Å². The molecule has 78 valence electrons. The molecule has 0 aromatic heterocycles. The van der Waals surface area contributed by atoms with Crippen LogP contribution in [0.5, 0.6) is 5.75 Å². The molecule has 0 amide bonds. The van der Waals surface area contributed by atoms with Crippen molar-refractivity contribution in [2.75, 3.05) is 18.6 Å². The molecule has 2 nitrogen and oxygen atoms in total. The van der Waals surface area contributed by atoms with E-state index in [2.05, 4.69) is 0 Å². The summed E-state index contributed by atoms with van der Waals surface area (Å²) in [6, 6.07) is 7.62. The Bertz CT molecular complexity index is 276. The van der Waals surface area contributed by atoms with Gasteiger partial charge in [-0.25, -0.2) is 0 Å². The van der Waals surface area contributed by atoms with E-state index >= 15 is 0 Å². The van der Waals surface area contributed by atoms with E-state index < -0.39 is 6.10 Å². The summed E-state index contributed by atoms with van der Waals surface area (Å²) in [5.41, 5.74) is 0.922. The van der Waals surface area contributed by atoms with Crippen molar-refractivity contribution in [3.05, 3.63) is 29.8 Å². The van der Waals surface area contributed by atoms with Gasteiger partial charge in [-0.2, -0.15) is 11.8 Å². The van der Waals surface area contributed by atoms with E-state index in [-0.39, 0.29) is 0 Å². The maximum Gasteiger partial charge on any atom is 0.119 e. The van der Waals surface area contributed by atoms with Crippen LogP contribution >= 0.6 is 11.8 Å². The molecule has 1 unspecified atom stereocenters. The van der Waals surface area contributed by atoms with Crippen LogP contribution in [0.25, 0.3) is 0 Å². The number of ether oxygens (including phenoxy) is 1. The van der Waals surface area contributed by atoms with Gasteiger partial charge in [0, 0.05) is 5.75 Å². The van der Waals surface area contributed by atoms with Gasteiger partial charge in [0.15, 0.2) is 0 Å². The Labute approximate surface area is 89.3 Å². The molecule has 0 saturated heterocycles. The first-order chi connectivity index (χ1) is 6.77. The molecule has 0 saturated carbocycles. The summed E-state index contributed by atoms with van der Waals surface area (Å²) >= 11 is 1.63. The lowest BCUT2D eigenvalue weighted by molar-refractivity contribution is 0.203. The second kappa shape index (κ2) is 5.94. The third kappa shape index (κ3) is 3.24. The van der Waals surface area contributed by atoms with E-state index in [1.165, 1.54) is 0 Å². The van der Waals surface area contributed by atoms with Crippen molar-refractivity contribution in [3.63, 3.8) is 0 Å². The van der Waals surface area contributed by atoms with Crippen molar-refractivity contribution in [1.29, 1.82) is 0 Å². The number of aliphatic hydroxyl groups excluding tert-OH is 1. The molecule has 0 aliphatic heterocycles. The highest BCUT2D eigenvalue weighted by Gasteiger charge is 2.06. The van der Waals surface area contributed by atoms with E-state index in [4.69, 9.17) is 4.74 Å². The van der Waals surface area contributed by atoms with Gasteiger partial charge < -0.3 is 9.84 Å². The average Bonchev–Trinajstić information content (AvgIpc) is 2.19. The minimum Gasteiger partial charge on any atom is -0.494 e. The molecule has 0 spiro atoms. The lowest BCUT2D eigenvalue weighted by Crippen LogP contribution is -2.01. The molecule has 1 rings (SSSR count). The van der Waals surface area contributed by atoms with Gasteiger partial charge in [0.05, 0.1) is 12.7 Å². The molecule has 14 heavy (non-hydrogen) atoms. The van der Waals surface area contributed by atoms with Gasteiger partial charge in [0.25, 0.3) is 0 Å². The molecule has 3 heteroatoms. The van der Waals surface area contributed by atoms with E-state index in [0.717, 1.165) is 17.1 Å². The molecule has 0 fully saturated rings. The molecular formula is C11H16O2S. The van der Waals surface area contributed by atoms with Crippen LogP contribution in [0.3, 0.4) is 0 Å². The second-order valence-electron chi connectivity index (χ2n) is 2.98. The molecular weight excluding hydrogens is 196 g/mol. The second-order valence-corrected chi connectivity index (χ2v) is 3.89. The molecule has 1 aromatic carbocycles. The van der Waals surface area contributed by atoms with Gasteiger partial charge in [-0.3, -0.25) is 0 Å². The van der Waals surface area contributed by atoms with Crippen LogP contribution in [0.15, 0.2) is 24.3 Å². The van der Waals surface area contributed by atoms with E-state index in [1.54, 1.807) is 11.8 Å². The molecule has 0 aliphatic carbocycles. The first-order valence-corrected chi connectivity index (χ1v) is 6.07. The first-order valence-electron chi connectivity index (χ1n) is 4.67. The van der Waals surface area contributed by atoms with Crippen molar-refractivity contribution >= 4 is 11.8 Å². The summed E-state index contributed by atoms with van der Waals surface area (Å²) in [6.45, 7) is 2.60. The van der Waals surface area contributed by atoms with Crippen LogP contribution in [0.2, 0.25) is 0 Å². The average molecular weight is 212 g/mol. The van der Waals surface area contributed by atoms with Gasteiger partial charge in [0.2, 0.25) is 0 Å².